The number of rotatable bonds is 5. The normalized spacial score (nSPS) is 18.2. The molecule has 2 rings (SSSR count). The van der Waals surface area contributed by atoms with Gasteiger partial charge in [-0.25, -0.2) is 0 Å². The third kappa shape index (κ3) is 3.58. The van der Waals surface area contributed by atoms with Crippen LogP contribution in [0.2, 0.25) is 0 Å². The molecule has 106 valence electrons. The molecule has 1 unspecified atom stereocenters. The van der Waals surface area contributed by atoms with E-state index < -0.39 is 0 Å². The van der Waals surface area contributed by atoms with Crippen LogP contribution in [0.15, 0.2) is 18.2 Å². The summed E-state index contributed by atoms with van der Waals surface area (Å²) in [5.74, 6) is 0.880. The molecule has 0 heterocycles. The number of likely N-dealkylation sites (N-methyl/N-ethyl adjacent to an activating group) is 1. The molecule has 2 N–H and O–H groups in total. The van der Waals surface area contributed by atoms with E-state index in [0.29, 0.717) is 12.6 Å². The molecular weight excluding hydrogens is 232 g/mol. The van der Waals surface area contributed by atoms with Crippen LogP contribution in [0.1, 0.15) is 48.4 Å². The van der Waals surface area contributed by atoms with Crippen molar-refractivity contribution in [2.45, 2.75) is 45.6 Å². The highest BCUT2D eigenvalue weighted by Gasteiger charge is 2.21. The molecule has 0 aliphatic heterocycles. The van der Waals surface area contributed by atoms with Gasteiger partial charge in [0.15, 0.2) is 0 Å². The van der Waals surface area contributed by atoms with Gasteiger partial charge in [0.05, 0.1) is 0 Å². The van der Waals surface area contributed by atoms with Crippen LogP contribution in [0.3, 0.4) is 0 Å². The van der Waals surface area contributed by atoms with Crippen LogP contribution in [-0.2, 0) is 0 Å². The van der Waals surface area contributed by atoms with Crippen molar-refractivity contribution in [1.82, 2.24) is 4.90 Å². The summed E-state index contributed by atoms with van der Waals surface area (Å²) < 4.78 is 0. The molecule has 1 aliphatic carbocycles. The minimum atomic E-state index is 0.361. The summed E-state index contributed by atoms with van der Waals surface area (Å²) in [5, 5.41) is 0. The number of benzene rings is 1. The first-order valence-corrected chi connectivity index (χ1v) is 7.59. The molecule has 1 aromatic carbocycles. The minimum absolute atomic E-state index is 0.361. The Kier molecular flexibility index (Phi) is 5.00. The van der Waals surface area contributed by atoms with Gasteiger partial charge in [0.25, 0.3) is 0 Å². The van der Waals surface area contributed by atoms with Gasteiger partial charge >= 0.3 is 0 Å². The van der Waals surface area contributed by atoms with E-state index in [2.05, 4.69) is 44.0 Å². The van der Waals surface area contributed by atoms with Gasteiger partial charge in [-0.3, -0.25) is 4.90 Å². The van der Waals surface area contributed by atoms with Gasteiger partial charge in [0.2, 0.25) is 0 Å². The van der Waals surface area contributed by atoms with Crippen molar-refractivity contribution < 1.29 is 0 Å². The lowest BCUT2D eigenvalue weighted by molar-refractivity contribution is 0.212. The van der Waals surface area contributed by atoms with Crippen molar-refractivity contribution in [3.63, 3.8) is 0 Å². The van der Waals surface area contributed by atoms with Gasteiger partial charge in [0, 0.05) is 19.1 Å². The monoisotopic (exact) mass is 260 g/mol. The Morgan fingerprint density at radius 1 is 1.21 bits per heavy atom. The average molecular weight is 260 g/mol. The van der Waals surface area contributed by atoms with E-state index in [4.69, 9.17) is 5.73 Å². The molecule has 0 aromatic heterocycles. The number of nitrogens with zero attached hydrogens (tertiary/aromatic N) is 1. The summed E-state index contributed by atoms with van der Waals surface area (Å²) in [5.41, 5.74) is 10.1. The van der Waals surface area contributed by atoms with E-state index in [0.717, 1.165) is 5.92 Å². The Hall–Kier alpha value is -0.860. The Balaban J connectivity index is 2.06. The van der Waals surface area contributed by atoms with E-state index in [-0.39, 0.29) is 0 Å². The number of nitrogens with two attached hydrogens (primary N) is 1. The summed E-state index contributed by atoms with van der Waals surface area (Å²) in [6.07, 6.45) is 5.62. The fraction of sp³-hybridized carbons (Fsp3) is 0.647. The SMILES string of the molecule is Cc1ccc(C(CN)N(C)CC2CCCC2)cc1C. The zero-order valence-electron chi connectivity index (χ0n) is 12.7. The van der Waals surface area contributed by atoms with Crippen LogP contribution in [0.5, 0.6) is 0 Å². The average Bonchev–Trinajstić information content (AvgIpc) is 2.87. The second kappa shape index (κ2) is 6.53. The zero-order chi connectivity index (χ0) is 13.8. The number of aryl methyl sites for hydroxylation is 2. The standard InChI is InChI=1S/C17H28N2/c1-13-8-9-16(10-14(13)2)17(11-18)19(3)12-15-6-4-5-7-15/h8-10,15,17H,4-7,11-12,18H2,1-3H3. The summed E-state index contributed by atoms with van der Waals surface area (Å²) >= 11 is 0. The fourth-order valence-electron chi connectivity index (χ4n) is 3.27. The van der Waals surface area contributed by atoms with Crippen molar-refractivity contribution >= 4 is 0 Å². The first kappa shape index (κ1) is 14.5. The van der Waals surface area contributed by atoms with Crippen molar-refractivity contribution in [2.75, 3.05) is 20.1 Å². The van der Waals surface area contributed by atoms with Crippen LogP contribution in [0.25, 0.3) is 0 Å². The highest BCUT2D eigenvalue weighted by Crippen LogP contribution is 2.28. The van der Waals surface area contributed by atoms with Crippen LogP contribution < -0.4 is 5.73 Å². The van der Waals surface area contributed by atoms with Crippen LogP contribution in [0.4, 0.5) is 0 Å². The highest BCUT2D eigenvalue weighted by atomic mass is 15.1. The topological polar surface area (TPSA) is 29.3 Å². The van der Waals surface area contributed by atoms with Crippen molar-refractivity contribution in [1.29, 1.82) is 0 Å². The van der Waals surface area contributed by atoms with Gasteiger partial charge in [-0.1, -0.05) is 31.0 Å². The lowest BCUT2D eigenvalue weighted by Gasteiger charge is -2.30. The molecule has 0 radical (unpaired) electrons. The predicted molar refractivity (Wildman–Crippen MR) is 82.3 cm³/mol. The maximum absolute atomic E-state index is 6.03. The molecule has 1 fully saturated rings. The second-order valence-corrected chi connectivity index (χ2v) is 6.19. The van der Waals surface area contributed by atoms with E-state index in [1.54, 1.807) is 0 Å². The summed E-state index contributed by atoms with van der Waals surface area (Å²) in [7, 11) is 2.23. The van der Waals surface area contributed by atoms with Crippen molar-refractivity contribution in [2.24, 2.45) is 11.7 Å². The van der Waals surface area contributed by atoms with E-state index in [1.165, 1.54) is 48.9 Å². The maximum atomic E-state index is 6.03. The Labute approximate surface area is 118 Å². The molecule has 2 heteroatoms. The molecule has 19 heavy (non-hydrogen) atoms. The zero-order valence-corrected chi connectivity index (χ0v) is 12.7. The summed E-state index contributed by atoms with van der Waals surface area (Å²) in [4.78, 5) is 2.46. The van der Waals surface area contributed by atoms with Gasteiger partial charge in [-0.05, 0) is 56.3 Å². The van der Waals surface area contributed by atoms with E-state index in [9.17, 15) is 0 Å². The number of hydrogen-bond donors (Lipinski definition) is 1. The molecule has 1 aliphatic rings. The Morgan fingerprint density at radius 3 is 2.47 bits per heavy atom. The maximum Gasteiger partial charge on any atom is 0.0467 e. The first-order valence-electron chi connectivity index (χ1n) is 7.59. The van der Waals surface area contributed by atoms with Gasteiger partial charge in [-0.2, -0.15) is 0 Å². The molecular formula is C17H28N2. The molecule has 1 atom stereocenters. The van der Waals surface area contributed by atoms with Gasteiger partial charge in [0.1, 0.15) is 0 Å². The van der Waals surface area contributed by atoms with Crippen LogP contribution in [-0.4, -0.2) is 25.0 Å². The van der Waals surface area contributed by atoms with Gasteiger partial charge < -0.3 is 5.73 Å². The summed E-state index contributed by atoms with van der Waals surface area (Å²) in [6, 6.07) is 7.12. The lowest BCUT2D eigenvalue weighted by atomic mass is 9.99. The number of hydrogen-bond acceptors (Lipinski definition) is 2. The molecule has 0 spiro atoms. The van der Waals surface area contributed by atoms with E-state index in [1.807, 2.05) is 0 Å². The largest absolute Gasteiger partial charge is 0.329 e. The minimum Gasteiger partial charge on any atom is -0.329 e. The molecule has 0 saturated heterocycles. The fourth-order valence-corrected chi connectivity index (χ4v) is 3.27. The van der Waals surface area contributed by atoms with Crippen molar-refractivity contribution in [3.05, 3.63) is 34.9 Å². The second-order valence-electron chi connectivity index (χ2n) is 6.19. The van der Waals surface area contributed by atoms with Gasteiger partial charge in [-0.15, -0.1) is 0 Å². The lowest BCUT2D eigenvalue weighted by Crippen LogP contribution is -2.33. The van der Waals surface area contributed by atoms with Crippen LogP contribution in [0, 0.1) is 19.8 Å². The summed E-state index contributed by atoms with van der Waals surface area (Å²) in [6.45, 7) is 6.24. The Bertz CT molecular complexity index is 408. The third-order valence-corrected chi connectivity index (χ3v) is 4.69. The van der Waals surface area contributed by atoms with Crippen molar-refractivity contribution in [3.8, 4) is 0 Å². The molecule has 2 nitrogen and oxygen atoms in total. The third-order valence-electron chi connectivity index (χ3n) is 4.69. The predicted octanol–water partition coefficient (Wildman–Crippen LogP) is 3.43. The van der Waals surface area contributed by atoms with E-state index >= 15 is 0 Å². The smallest absolute Gasteiger partial charge is 0.0467 e. The Morgan fingerprint density at radius 2 is 1.89 bits per heavy atom. The first-order chi connectivity index (χ1) is 9.11. The quantitative estimate of drug-likeness (QED) is 0.879. The molecule has 0 amide bonds. The molecule has 0 bridgehead atoms. The highest BCUT2D eigenvalue weighted by molar-refractivity contribution is 5.31. The molecule has 1 aromatic rings. The molecule has 1 saturated carbocycles. The van der Waals surface area contributed by atoms with Crippen LogP contribution >= 0.6 is 0 Å².